The van der Waals surface area contributed by atoms with Crippen LogP contribution in [-0.2, 0) is 18.3 Å². The summed E-state index contributed by atoms with van der Waals surface area (Å²) in [5.41, 5.74) is 3.25. The van der Waals surface area contributed by atoms with Crippen LogP contribution in [0.1, 0.15) is 24.9 Å². The number of para-hydroxylation sites is 1. The van der Waals surface area contributed by atoms with E-state index in [-0.39, 0.29) is 11.5 Å². The highest BCUT2D eigenvalue weighted by Gasteiger charge is 2.25. The summed E-state index contributed by atoms with van der Waals surface area (Å²) in [5.74, 6) is -0.114. The number of aromatic amines is 1. The third kappa shape index (κ3) is 3.58. The van der Waals surface area contributed by atoms with Crippen molar-refractivity contribution < 1.29 is 4.79 Å². The molecule has 2 aromatic carbocycles. The van der Waals surface area contributed by atoms with E-state index in [0.29, 0.717) is 29.9 Å². The second kappa shape index (κ2) is 8.41. The van der Waals surface area contributed by atoms with Crippen molar-refractivity contribution in [2.75, 3.05) is 6.54 Å². The molecule has 3 heterocycles. The van der Waals surface area contributed by atoms with Gasteiger partial charge < -0.3 is 14.9 Å². The minimum atomic E-state index is -0.514. The smallest absolute Gasteiger partial charge is 0.291 e. The predicted octanol–water partition coefficient (Wildman–Crippen LogP) is 4.33. The van der Waals surface area contributed by atoms with Gasteiger partial charge in [-0.15, -0.1) is 0 Å². The van der Waals surface area contributed by atoms with Crippen molar-refractivity contribution in [3.63, 3.8) is 0 Å². The number of nitrogens with zero attached hydrogens (tertiary/aromatic N) is 3. The molecule has 8 heteroatoms. The first-order valence-electron chi connectivity index (χ1n) is 11.0. The van der Waals surface area contributed by atoms with Crippen LogP contribution in [0.4, 0.5) is 0 Å². The van der Waals surface area contributed by atoms with Gasteiger partial charge in [-0.2, -0.15) is 5.10 Å². The molecule has 0 aliphatic rings. The third-order valence-electron chi connectivity index (χ3n) is 6.23. The summed E-state index contributed by atoms with van der Waals surface area (Å²) in [6.45, 7) is 2.43. The molecule has 0 saturated heterocycles. The number of amides is 1. The molecule has 0 radical (unpaired) electrons. The highest BCUT2D eigenvalue weighted by Crippen LogP contribution is 2.31. The SMILES string of the molecule is CCC(C(=O)NCCc1c[nH]c2ccc(Cl)cc12)n1c2ccccc2c2cnn(C)c(=O)c21. The summed E-state index contributed by atoms with van der Waals surface area (Å²) >= 11 is 6.15. The van der Waals surface area contributed by atoms with Gasteiger partial charge in [0.05, 0.1) is 11.7 Å². The van der Waals surface area contributed by atoms with Gasteiger partial charge in [-0.3, -0.25) is 9.59 Å². The van der Waals surface area contributed by atoms with E-state index in [1.54, 1.807) is 13.2 Å². The van der Waals surface area contributed by atoms with E-state index < -0.39 is 6.04 Å². The molecule has 0 saturated carbocycles. The fraction of sp³-hybridized carbons (Fsp3) is 0.240. The number of aromatic nitrogens is 4. The Morgan fingerprint density at radius 3 is 2.82 bits per heavy atom. The fourth-order valence-electron chi connectivity index (χ4n) is 4.59. The minimum absolute atomic E-state index is 0.114. The first-order chi connectivity index (χ1) is 16.0. The second-order valence-electron chi connectivity index (χ2n) is 8.19. The van der Waals surface area contributed by atoms with E-state index in [9.17, 15) is 9.59 Å². The van der Waals surface area contributed by atoms with Gasteiger partial charge in [-0.25, -0.2) is 4.68 Å². The molecule has 5 rings (SSSR count). The summed E-state index contributed by atoms with van der Waals surface area (Å²) in [4.78, 5) is 29.6. The van der Waals surface area contributed by atoms with Crippen LogP contribution in [0, 0.1) is 0 Å². The zero-order valence-corrected chi connectivity index (χ0v) is 19.2. The van der Waals surface area contributed by atoms with Crippen LogP contribution >= 0.6 is 11.6 Å². The lowest BCUT2D eigenvalue weighted by Gasteiger charge is -2.19. The van der Waals surface area contributed by atoms with Crippen LogP contribution in [0.5, 0.6) is 0 Å². The molecular formula is C25H24ClN5O2. The molecule has 5 aromatic rings. The number of hydrogen-bond acceptors (Lipinski definition) is 3. The molecule has 168 valence electrons. The minimum Gasteiger partial charge on any atom is -0.361 e. The molecule has 1 unspecified atom stereocenters. The number of rotatable bonds is 6. The number of hydrogen-bond donors (Lipinski definition) is 2. The quantitative estimate of drug-likeness (QED) is 0.394. The maximum atomic E-state index is 13.3. The number of aryl methyl sites for hydroxylation is 1. The number of carbonyl (C=O) groups excluding carboxylic acids is 1. The molecule has 3 aromatic heterocycles. The Labute approximate surface area is 195 Å². The van der Waals surface area contributed by atoms with Crippen molar-refractivity contribution in [2.45, 2.75) is 25.8 Å². The zero-order chi connectivity index (χ0) is 23.1. The van der Waals surface area contributed by atoms with Gasteiger partial charge in [-0.1, -0.05) is 36.7 Å². The zero-order valence-electron chi connectivity index (χ0n) is 18.4. The Balaban J connectivity index is 1.46. The maximum absolute atomic E-state index is 13.3. The lowest BCUT2D eigenvalue weighted by Crippen LogP contribution is -2.34. The van der Waals surface area contributed by atoms with Gasteiger partial charge in [0.1, 0.15) is 11.6 Å². The summed E-state index contributed by atoms with van der Waals surface area (Å²) in [5, 5.41) is 10.7. The molecule has 0 fully saturated rings. The molecule has 2 N–H and O–H groups in total. The number of halogens is 1. The monoisotopic (exact) mass is 461 g/mol. The Kier molecular flexibility index (Phi) is 5.42. The Morgan fingerprint density at radius 2 is 2.00 bits per heavy atom. The van der Waals surface area contributed by atoms with E-state index in [0.717, 1.165) is 32.8 Å². The van der Waals surface area contributed by atoms with Crippen LogP contribution in [0.15, 0.2) is 59.7 Å². The predicted molar refractivity (Wildman–Crippen MR) is 132 cm³/mol. The van der Waals surface area contributed by atoms with Crippen molar-refractivity contribution >= 4 is 50.2 Å². The molecule has 0 spiro atoms. The third-order valence-corrected chi connectivity index (χ3v) is 6.47. The van der Waals surface area contributed by atoms with Crippen LogP contribution in [0.25, 0.3) is 32.7 Å². The molecule has 1 amide bonds. The maximum Gasteiger partial charge on any atom is 0.291 e. The standard InChI is InChI=1S/C25H24ClN5O2/c1-3-21(24(32)27-11-10-15-13-28-20-9-8-16(26)12-18(15)20)31-22-7-5-4-6-17(22)19-14-29-30(2)25(33)23(19)31/h4-9,12-14,21,28H,3,10-11H2,1-2H3,(H,27,32). The number of carbonyl (C=O) groups is 1. The fourth-order valence-corrected chi connectivity index (χ4v) is 4.76. The summed E-state index contributed by atoms with van der Waals surface area (Å²) in [6.07, 6.45) is 4.87. The van der Waals surface area contributed by atoms with Crippen molar-refractivity contribution in [1.29, 1.82) is 0 Å². The van der Waals surface area contributed by atoms with Crippen LogP contribution < -0.4 is 10.9 Å². The van der Waals surface area contributed by atoms with E-state index in [4.69, 9.17) is 11.6 Å². The molecule has 1 atom stereocenters. The van der Waals surface area contributed by atoms with Crippen molar-refractivity contribution in [3.8, 4) is 0 Å². The van der Waals surface area contributed by atoms with Gasteiger partial charge in [0, 0.05) is 46.5 Å². The van der Waals surface area contributed by atoms with Gasteiger partial charge in [-0.05, 0) is 42.7 Å². The van der Waals surface area contributed by atoms with Crippen molar-refractivity contribution in [3.05, 3.63) is 75.8 Å². The van der Waals surface area contributed by atoms with Crippen LogP contribution in [0.2, 0.25) is 5.02 Å². The Bertz CT molecular complexity index is 1560. The summed E-state index contributed by atoms with van der Waals surface area (Å²) in [7, 11) is 1.62. The van der Waals surface area contributed by atoms with Crippen molar-refractivity contribution in [1.82, 2.24) is 24.6 Å². The first-order valence-corrected chi connectivity index (χ1v) is 11.4. The van der Waals surface area contributed by atoms with Crippen LogP contribution in [-0.4, -0.2) is 31.8 Å². The Morgan fingerprint density at radius 1 is 1.18 bits per heavy atom. The molecule has 0 bridgehead atoms. The van der Waals surface area contributed by atoms with Crippen LogP contribution in [0.3, 0.4) is 0 Å². The number of benzene rings is 2. The highest BCUT2D eigenvalue weighted by molar-refractivity contribution is 6.31. The Hall–Kier alpha value is -3.58. The lowest BCUT2D eigenvalue weighted by atomic mass is 10.1. The normalized spacial score (nSPS) is 12.6. The average Bonchev–Trinajstić information content (AvgIpc) is 3.36. The molecule has 0 aliphatic heterocycles. The van der Waals surface area contributed by atoms with Gasteiger partial charge >= 0.3 is 0 Å². The lowest BCUT2D eigenvalue weighted by molar-refractivity contribution is -0.124. The highest BCUT2D eigenvalue weighted by atomic mass is 35.5. The van der Waals surface area contributed by atoms with E-state index in [1.807, 2.05) is 60.2 Å². The first kappa shape index (κ1) is 21.3. The summed E-state index contributed by atoms with van der Waals surface area (Å²) in [6, 6.07) is 13.0. The number of nitrogens with one attached hydrogen (secondary N) is 2. The summed E-state index contributed by atoms with van der Waals surface area (Å²) < 4.78 is 3.18. The van der Waals surface area contributed by atoms with Crippen molar-refractivity contribution in [2.24, 2.45) is 7.05 Å². The van der Waals surface area contributed by atoms with E-state index in [1.165, 1.54) is 4.68 Å². The van der Waals surface area contributed by atoms with Gasteiger partial charge in [0.15, 0.2) is 0 Å². The molecule has 7 nitrogen and oxygen atoms in total. The topological polar surface area (TPSA) is 84.7 Å². The van der Waals surface area contributed by atoms with E-state index >= 15 is 0 Å². The largest absolute Gasteiger partial charge is 0.361 e. The number of fused-ring (bicyclic) bond motifs is 4. The van der Waals surface area contributed by atoms with Gasteiger partial charge in [0.25, 0.3) is 5.56 Å². The number of H-pyrrole nitrogens is 1. The van der Waals surface area contributed by atoms with Gasteiger partial charge in [0.2, 0.25) is 5.91 Å². The van der Waals surface area contributed by atoms with E-state index in [2.05, 4.69) is 15.4 Å². The molecule has 0 aliphatic carbocycles. The second-order valence-corrected chi connectivity index (χ2v) is 8.63. The molecule has 33 heavy (non-hydrogen) atoms. The molecular weight excluding hydrogens is 438 g/mol. The average molecular weight is 462 g/mol.